The Morgan fingerprint density at radius 1 is 1.03 bits per heavy atom. The summed E-state index contributed by atoms with van der Waals surface area (Å²) in [5.74, 6) is 0.0593. The molecular weight excluding hydrogens is 456 g/mol. The van der Waals surface area contributed by atoms with Crippen molar-refractivity contribution in [2.45, 2.75) is 25.9 Å². The zero-order valence-corrected chi connectivity index (χ0v) is 19.9. The lowest BCUT2D eigenvalue weighted by atomic mass is 10.0. The van der Waals surface area contributed by atoms with Crippen molar-refractivity contribution < 1.29 is 4.79 Å². The van der Waals surface area contributed by atoms with E-state index < -0.39 is 0 Å². The van der Waals surface area contributed by atoms with Gasteiger partial charge >= 0.3 is 0 Å². The number of carbonyl (C=O) groups is 1. The van der Waals surface area contributed by atoms with Crippen LogP contribution >= 0.6 is 23.4 Å². The number of fused-ring (bicyclic) bond motifs is 3. The Bertz CT molecular complexity index is 1520. The van der Waals surface area contributed by atoms with Crippen molar-refractivity contribution in [2.75, 3.05) is 11.1 Å². The largest absolute Gasteiger partial charge is 0.325 e. The van der Waals surface area contributed by atoms with Crippen molar-refractivity contribution in [1.29, 1.82) is 0 Å². The van der Waals surface area contributed by atoms with Crippen molar-refractivity contribution in [3.63, 3.8) is 0 Å². The fourth-order valence-electron chi connectivity index (χ4n) is 3.63. The molecule has 0 atom stereocenters. The summed E-state index contributed by atoms with van der Waals surface area (Å²) in [6.45, 7) is 6.07. The first-order valence-electron chi connectivity index (χ1n) is 10.4. The second kappa shape index (κ2) is 8.53. The summed E-state index contributed by atoms with van der Waals surface area (Å²) < 4.78 is 3.69. The predicted molar refractivity (Wildman–Crippen MR) is 132 cm³/mol. The van der Waals surface area contributed by atoms with Gasteiger partial charge in [-0.05, 0) is 56.2 Å². The average Bonchev–Trinajstić information content (AvgIpc) is 3.40. The Hall–Kier alpha value is -3.36. The van der Waals surface area contributed by atoms with Gasteiger partial charge in [0.25, 0.3) is 0 Å². The molecule has 3 aromatic heterocycles. The van der Waals surface area contributed by atoms with Crippen LogP contribution in [0.2, 0.25) is 5.02 Å². The Morgan fingerprint density at radius 2 is 1.85 bits per heavy atom. The van der Waals surface area contributed by atoms with Crippen LogP contribution in [0, 0.1) is 20.8 Å². The average molecular weight is 477 g/mol. The van der Waals surface area contributed by atoms with E-state index in [1.165, 1.54) is 22.9 Å². The Labute approximate surface area is 199 Å². The van der Waals surface area contributed by atoms with E-state index in [-0.39, 0.29) is 11.7 Å². The highest BCUT2D eigenvalue weighted by molar-refractivity contribution is 7.99. The van der Waals surface area contributed by atoms with Crippen molar-refractivity contribution >= 4 is 46.1 Å². The fraction of sp³-hybridized carbons (Fsp3) is 0.167. The molecule has 1 amide bonds. The molecule has 3 heterocycles. The Morgan fingerprint density at radius 3 is 2.67 bits per heavy atom. The van der Waals surface area contributed by atoms with Gasteiger partial charge < -0.3 is 5.32 Å². The summed E-state index contributed by atoms with van der Waals surface area (Å²) >= 11 is 7.46. The summed E-state index contributed by atoms with van der Waals surface area (Å²) in [7, 11) is 0. The predicted octanol–water partition coefficient (Wildman–Crippen LogP) is 5.35. The van der Waals surface area contributed by atoms with Crippen LogP contribution in [0.5, 0.6) is 0 Å². The molecule has 0 radical (unpaired) electrons. The molecule has 0 saturated carbocycles. The molecule has 2 aromatic carbocycles. The highest BCUT2D eigenvalue weighted by Gasteiger charge is 2.15. The zero-order valence-electron chi connectivity index (χ0n) is 18.3. The molecule has 0 spiro atoms. The third kappa shape index (κ3) is 4.19. The highest BCUT2D eigenvalue weighted by atomic mass is 35.5. The van der Waals surface area contributed by atoms with Gasteiger partial charge in [-0.15, -0.1) is 10.2 Å². The number of thioether (sulfide) groups is 1. The molecule has 0 unspecified atom stereocenters. The van der Waals surface area contributed by atoms with Gasteiger partial charge in [-0.2, -0.15) is 5.10 Å². The second-order valence-electron chi connectivity index (χ2n) is 7.95. The minimum atomic E-state index is -0.140. The topological polar surface area (TPSA) is 76.6 Å². The SMILES string of the molecule is Cc1ccc(C)c(-c2cc3c4nnc(SCC(=O)Nc5ccc(C)c(Cl)c5)n4ccn3n2)c1. The lowest BCUT2D eigenvalue weighted by molar-refractivity contribution is -0.113. The summed E-state index contributed by atoms with van der Waals surface area (Å²) in [5.41, 5.74) is 7.51. The number of anilines is 1. The number of nitrogens with zero attached hydrogens (tertiary/aromatic N) is 5. The maximum absolute atomic E-state index is 12.4. The summed E-state index contributed by atoms with van der Waals surface area (Å²) in [4.78, 5) is 12.4. The monoisotopic (exact) mass is 476 g/mol. The number of aromatic nitrogens is 5. The van der Waals surface area contributed by atoms with Crippen LogP contribution < -0.4 is 5.32 Å². The molecule has 0 saturated heterocycles. The second-order valence-corrected chi connectivity index (χ2v) is 9.30. The van der Waals surface area contributed by atoms with E-state index in [1.54, 1.807) is 6.07 Å². The number of benzene rings is 2. The van der Waals surface area contributed by atoms with E-state index in [0.717, 1.165) is 22.3 Å². The standard InChI is InChI=1S/C24H21ClN6OS/c1-14-4-5-15(2)18(10-14)20-12-21-23-27-28-24(30(23)8-9-31(21)29-20)33-13-22(32)26-17-7-6-16(3)19(25)11-17/h4-12H,13H2,1-3H3,(H,26,32). The van der Waals surface area contributed by atoms with E-state index in [1.807, 2.05) is 46.4 Å². The van der Waals surface area contributed by atoms with Gasteiger partial charge in [0, 0.05) is 28.7 Å². The molecule has 0 aliphatic carbocycles. The van der Waals surface area contributed by atoms with Gasteiger partial charge in [-0.3, -0.25) is 9.20 Å². The van der Waals surface area contributed by atoms with Crippen LogP contribution in [-0.4, -0.2) is 35.9 Å². The zero-order chi connectivity index (χ0) is 23.1. The summed E-state index contributed by atoms with van der Waals surface area (Å²) in [5, 5.41) is 17.5. The van der Waals surface area contributed by atoms with Crippen LogP contribution in [0.1, 0.15) is 16.7 Å². The normalized spacial score (nSPS) is 11.4. The van der Waals surface area contributed by atoms with Crippen molar-refractivity contribution in [2.24, 2.45) is 0 Å². The van der Waals surface area contributed by atoms with Crippen LogP contribution in [0.15, 0.2) is 60.0 Å². The van der Waals surface area contributed by atoms with E-state index in [2.05, 4.69) is 47.6 Å². The van der Waals surface area contributed by atoms with Gasteiger partial charge in [-0.1, -0.05) is 47.1 Å². The summed E-state index contributed by atoms with van der Waals surface area (Å²) in [6.07, 6.45) is 3.74. The molecule has 5 aromatic rings. The molecule has 5 rings (SSSR count). The van der Waals surface area contributed by atoms with Crippen molar-refractivity contribution in [1.82, 2.24) is 24.2 Å². The molecule has 166 valence electrons. The Kier molecular flexibility index (Phi) is 5.55. The first kappa shape index (κ1) is 21.5. The molecular formula is C24H21ClN6OS. The van der Waals surface area contributed by atoms with E-state index in [4.69, 9.17) is 16.7 Å². The number of amides is 1. The number of hydrogen-bond donors (Lipinski definition) is 1. The maximum Gasteiger partial charge on any atom is 0.234 e. The molecule has 0 aliphatic heterocycles. The summed E-state index contributed by atoms with van der Waals surface area (Å²) in [6, 6.07) is 13.8. The van der Waals surface area contributed by atoms with Crippen LogP contribution in [0.25, 0.3) is 22.4 Å². The highest BCUT2D eigenvalue weighted by Crippen LogP contribution is 2.27. The quantitative estimate of drug-likeness (QED) is 0.346. The number of halogens is 1. The molecule has 9 heteroatoms. The van der Waals surface area contributed by atoms with Gasteiger partial charge in [0.2, 0.25) is 5.91 Å². The first-order valence-corrected chi connectivity index (χ1v) is 11.7. The first-order chi connectivity index (χ1) is 15.9. The third-order valence-electron chi connectivity index (χ3n) is 5.44. The molecule has 33 heavy (non-hydrogen) atoms. The van der Waals surface area contributed by atoms with Gasteiger partial charge in [0.15, 0.2) is 10.8 Å². The third-order valence-corrected chi connectivity index (χ3v) is 6.79. The number of rotatable bonds is 5. The van der Waals surface area contributed by atoms with Crippen LogP contribution in [-0.2, 0) is 4.79 Å². The van der Waals surface area contributed by atoms with Crippen LogP contribution in [0.4, 0.5) is 5.69 Å². The Balaban J connectivity index is 1.38. The maximum atomic E-state index is 12.4. The number of nitrogens with one attached hydrogen (secondary N) is 1. The van der Waals surface area contributed by atoms with Crippen molar-refractivity contribution in [3.8, 4) is 11.3 Å². The van der Waals surface area contributed by atoms with Gasteiger partial charge in [0.1, 0.15) is 5.52 Å². The van der Waals surface area contributed by atoms with Gasteiger partial charge in [0.05, 0.1) is 11.4 Å². The number of carbonyl (C=O) groups excluding carboxylic acids is 1. The van der Waals surface area contributed by atoms with Crippen LogP contribution in [0.3, 0.4) is 0 Å². The number of aryl methyl sites for hydroxylation is 3. The minimum Gasteiger partial charge on any atom is -0.325 e. The molecule has 0 bridgehead atoms. The van der Waals surface area contributed by atoms with Gasteiger partial charge in [-0.25, -0.2) is 4.52 Å². The van der Waals surface area contributed by atoms with Crippen molar-refractivity contribution in [3.05, 3.63) is 76.6 Å². The minimum absolute atomic E-state index is 0.140. The van der Waals surface area contributed by atoms with E-state index in [9.17, 15) is 4.79 Å². The molecule has 1 N–H and O–H groups in total. The van der Waals surface area contributed by atoms with E-state index in [0.29, 0.717) is 21.5 Å². The molecule has 0 fully saturated rings. The smallest absolute Gasteiger partial charge is 0.234 e. The molecule has 0 aliphatic rings. The fourth-order valence-corrected chi connectivity index (χ4v) is 4.53. The van der Waals surface area contributed by atoms with E-state index >= 15 is 0 Å². The number of hydrogen-bond acceptors (Lipinski definition) is 5. The lowest BCUT2D eigenvalue weighted by Crippen LogP contribution is -2.14. The molecule has 7 nitrogen and oxygen atoms in total. The lowest BCUT2D eigenvalue weighted by Gasteiger charge is -2.06.